The lowest BCUT2D eigenvalue weighted by molar-refractivity contribution is 0.215. The number of amides is 1. The van der Waals surface area contributed by atoms with Gasteiger partial charge in [0.15, 0.2) is 0 Å². The molecule has 2 aromatic carbocycles. The standard InChI is InChI=1S/C24H33NO2/c1-4-5-6-7-8-9-10-11-21-13-15-22(16-14-21)27-24(26)25-23-17-12-19(2)18-20(23)3/h12-18H,4-11H2,1-3H3,(H,25,26). The minimum atomic E-state index is -0.457. The van der Waals surface area contributed by atoms with Gasteiger partial charge in [-0.05, 0) is 56.0 Å². The first-order valence-electron chi connectivity index (χ1n) is 10.2. The minimum Gasteiger partial charge on any atom is -0.410 e. The molecule has 146 valence electrons. The third-order valence-corrected chi connectivity index (χ3v) is 4.82. The van der Waals surface area contributed by atoms with Crippen LogP contribution in [0.25, 0.3) is 0 Å². The number of anilines is 1. The predicted molar refractivity (Wildman–Crippen MR) is 114 cm³/mol. The fourth-order valence-corrected chi connectivity index (χ4v) is 3.21. The number of nitrogens with one attached hydrogen (secondary N) is 1. The Morgan fingerprint density at radius 3 is 2.22 bits per heavy atom. The first-order valence-corrected chi connectivity index (χ1v) is 10.2. The van der Waals surface area contributed by atoms with Crippen LogP contribution in [0.1, 0.15) is 68.6 Å². The van der Waals surface area contributed by atoms with Crippen LogP contribution in [0.2, 0.25) is 0 Å². The molecule has 0 aliphatic carbocycles. The molecule has 3 heteroatoms. The third kappa shape index (κ3) is 7.86. The molecular formula is C24H33NO2. The quantitative estimate of drug-likeness (QED) is 0.451. The second kappa shape index (κ2) is 11.4. The maximum Gasteiger partial charge on any atom is 0.417 e. The third-order valence-electron chi connectivity index (χ3n) is 4.82. The molecule has 0 unspecified atom stereocenters. The highest BCUT2D eigenvalue weighted by Gasteiger charge is 2.07. The lowest BCUT2D eigenvalue weighted by atomic mass is 10.0. The number of carbonyl (C=O) groups is 1. The fraction of sp³-hybridized carbons (Fsp3) is 0.458. The molecule has 2 rings (SSSR count). The Morgan fingerprint density at radius 1 is 0.889 bits per heavy atom. The largest absolute Gasteiger partial charge is 0.417 e. The Labute approximate surface area is 164 Å². The van der Waals surface area contributed by atoms with Crippen molar-refractivity contribution in [1.29, 1.82) is 0 Å². The Kier molecular flexibility index (Phi) is 8.90. The van der Waals surface area contributed by atoms with Crippen LogP contribution >= 0.6 is 0 Å². The molecule has 0 saturated carbocycles. The van der Waals surface area contributed by atoms with Crippen molar-refractivity contribution in [3.8, 4) is 5.75 Å². The van der Waals surface area contributed by atoms with Crippen LogP contribution in [-0.2, 0) is 6.42 Å². The van der Waals surface area contributed by atoms with Crippen molar-refractivity contribution in [2.75, 3.05) is 5.32 Å². The van der Waals surface area contributed by atoms with Gasteiger partial charge in [0, 0.05) is 5.69 Å². The van der Waals surface area contributed by atoms with E-state index in [0.717, 1.165) is 17.7 Å². The highest BCUT2D eigenvalue weighted by molar-refractivity contribution is 5.87. The van der Waals surface area contributed by atoms with Gasteiger partial charge in [-0.15, -0.1) is 0 Å². The van der Waals surface area contributed by atoms with Gasteiger partial charge in [-0.2, -0.15) is 0 Å². The zero-order valence-corrected chi connectivity index (χ0v) is 17.0. The molecule has 0 heterocycles. The first-order chi connectivity index (χ1) is 13.1. The van der Waals surface area contributed by atoms with E-state index >= 15 is 0 Å². The van der Waals surface area contributed by atoms with E-state index in [1.807, 2.05) is 44.2 Å². The van der Waals surface area contributed by atoms with Gasteiger partial charge in [0.1, 0.15) is 5.75 Å². The van der Waals surface area contributed by atoms with E-state index in [1.165, 1.54) is 56.1 Å². The zero-order chi connectivity index (χ0) is 19.5. The zero-order valence-electron chi connectivity index (χ0n) is 17.0. The van der Waals surface area contributed by atoms with Gasteiger partial charge in [0.05, 0.1) is 0 Å². The molecule has 27 heavy (non-hydrogen) atoms. The molecule has 3 nitrogen and oxygen atoms in total. The molecule has 0 atom stereocenters. The molecule has 0 fully saturated rings. The van der Waals surface area contributed by atoms with Gasteiger partial charge < -0.3 is 4.74 Å². The van der Waals surface area contributed by atoms with E-state index in [1.54, 1.807) is 0 Å². The van der Waals surface area contributed by atoms with Crippen molar-refractivity contribution >= 4 is 11.8 Å². The summed E-state index contributed by atoms with van der Waals surface area (Å²) >= 11 is 0. The van der Waals surface area contributed by atoms with Crippen LogP contribution in [0.3, 0.4) is 0 Å². The number of ether oxygens (including phenoxy) is 1. The second-order valence-electron chi connectivity index (χ2n) is 7.35. The van der Waals surface area contributed by atoms with E-state index in [4.69, 9.17) is 4.74 Å². The summed E-state index contributed by atoms with van der Waals surface area (Å²) in [6.07, 6.45) is 9.86. The van der Waals surface area contributed by atoms with Gasteiger partial charge in [-0.3, -0.25) is 5.32 Å². The van der Waals surface area contributed by atoms with Crippen molar-refractivity contribution < 1.29 is 9.53 Å². The SMILES string of the molecule is CCCCCCCCCc1ccc(OC(=O)Nc2ccc(C)cc2C)cc1. The highest BCUT2D eigenvalue weighted by Crippen LogP contribution is 2.18. The number of rotatable bonds is 10. The average Bonchev–Trinajstić information content (AvgIpc) is 2.65. The van der Waals surface area contributed by atoms with E-state index in [0.29, 0.717) is 5.75 Å². The van der Waals surface area contributed by atoms with Crippen LogP contribution in [0.5, 0.6) is 5.75 Å². The molecule has 1 N–H and O–H groups in total. The molecular weight excluding hydrogens is 334 g/mol. The van der Waals surface area contributed by atoms with E-state index < -0.39 is 6.09 Å². The van der Waals surface area contributed by atoms with Crippen LogP contribution in [0.4, 0.5) is 10.5 Å². The van der Waals surface area contributed by atoms with Crippen molar-refractivity contribution in [2.45, 2.75) is 72.1 Å². The molecule has 0 aromatic heterocycles. The molecule has 0 aliphatic rings. The summed E-state index contributed by atoms with van der Waals surface area (Å²) in [4.78, 5) is 12.1. The minimum absolute atomic E-state index is 0.457. The number of benzene rings is 2. The van der Waals surface area contributed by atoms with Gasteiger partial charge >= 0.3 is 6.09 Å². The number of carbonyl (C=O) groups excluding carboxylic acids is 1. The average molecular weight is 368 g/mol. The molecule has 2 aromatic rings. The number of hydrogen-bond donors (Lipinski definition) is 1. The van der Waals surface area contributed by atoms with Crippen LogP contribution < -0.4 is 10.1 Å². The van der Waals surface area contributed by atoms with E-state index in [-0.39, 0.29) is 0 Å². The van der Waals surface area contributed by atoms with Crippen LogP contribution in [0, 0.1) is 13.8 Å². The Hall–Kier alpha value is -2.29. The summed E-state index contributed by atoms with van der Waals surface area (Å²) in [5, 5.41) is 2.80. The van der Waals surface area contributed by atoms with Gasteiger partial charge in [0.25, 0.3) is 0 Å². The summed E-state index contributed by atoms with van der Waals surface area (Å²) in [5.74, 6) is 0.570. The normalized spacial score (nSPS) is 10.6. The van der Waals surface area contributed by atoms with Crippen LogP contribution in [0.15, 0.2) is 42.5 Å². The van der Waals surface area contributed by atoms with Crippen LogP contribution in [-0.4, -0.2) is 6.09 Å². The first kappa shape index (κ1) is 21.0. The van der Waals surface area contributed by atoms with Crippen molar-refractivity contribution in [3.63, 3.8) is 0 Å². The van der Waals surface area contributed by atoms with E-state index in [9.17, 15) is 4.79 Å². The summed E-state index contributed by atoms with van der Waals surface area (Å²) in [6, 6.07) is 13.8. The molecule has 0 aliphatic heterocycles. The maximum absolute atomic E-state index is 12.1. The Morgan fingerprint density at radius 2 is 1.56 bits per heavy atom. The molecule has 0 bridgehead atoms. The number of aryl methyl sites for hydroxylation is 3. The smallest absolute Gasteiger partial charge is 0.410 e. The Bertz CT molecular complexity index is 707. The fourth-order valence-electron chi connectivity index (χ4n) is 3.21. The van der Waals surface area contributed by atoms with Gasteiger partial charge in [-0.1, -0.05) is 75.3 Å². The maximum atomic E-state index is 12.1. The molecule has 0 radical (unpaired) electrons. The summed E-state index contributed by atoms with van der Waals surface area (Å²) in [7, 11) is 0. The summed E-state index contributed by atoms with van der Waals surface area (Å²) < 4.78 is 5.39. The monoisotopic (exact) mass is 367 g/mol. The van der Waals surface area contributed by atoms with Crippen molar-refractivity contribution in [2.24, 2.45) is 0 Å². The molecule has 1 amide bonds. The summed E-state index contributed by atoms with van der Waals surface area (Å²) in [6.45, 7) is 6.25. The summed E-state index contributed by atoms with van der Waals surface area (Å²) in [5.41, 5.74) is 4.27. The second-order valence-corrected chi connectivity index (χ2v) is 7.35. The lowest BCUT2D eigenvalue weighted by Gasteiger charge is -2.10. The number of unbranched alkanes of at least 4 members (excludes halogenated alkanes) is 6. The Balaban J connectivity index is 1.72. The van der Waals surface area contributed by atoms with Gasteiger partial charge in [0.2, 0.25) is 0 Å². The lowest BCUT2D eigenvalue weighted by Crippen LogP contribution is -2.17. The van der Waals surface area contributed by atoms with E-state index in [2.05, 4.69) is 24.4 Å². The number of hydrogen-bond acceptors (Lipinski definition) is 2. The topological polar surface area (TPSA) is 38.3 Å². The van der Waals surface area contributed by atoms with Gasteiger partial charge in [-0.25, -0.2) is 4.79 Å². The molecule has 0 saturated heterocycles. The van der Waals surface area contributed by atoms with Crippen molar-refractivity contribution in [3.05, 3.63) is 59.2 Å². The molecule has 0 spiro atoms. The van der Waals surface area contributed by atoms with Crippen molar-refractivity contribution in [1.82, 2.24) is 0 Å². The predicted octanol–water partition coefficient (Wildman–Crippen LogP) is 7.21. The highest BCUT2D eigenvalue weighted by atomic mass is 16.6.